The van der Waals surface area contributed by atoms with Gasteiger partial charge in [-0.3, -0.25) is 4.79 Å². The Morgan fingerprint density at radius 3 is 2.76 bits per heavy atom. The van der Waals surface area contributed by atoms with Crippen LogP contribution < -0.4 is 15.8 Å². The fraction of sp³-hybridized carbons (Fsp3) is 0.533. The summed E-state index contributed by atoms with van der Waals surface area (Å²) in [5, 5.41) is 2.82. The van der Waals surface area contributed by atoms with Gasteiger partial charge in [0.2, 0.25) is 5.91 Å². The number of nitrogens with two attached hydrogens (primary N) is 1. The Morgan fingerprint density at radius 1 is 1.43 bits per heavy atom. The van der Waals surface area contributed by atoms with Gasteiger partial charge >= 0.3 is 0 Å². The summed E-state index contributed by atoms with van der Waals surface area (Å²) in [5.74, 6) is 0.804. The molecule has 1 aliphatic heterocycles. The minimum atomic E-state index is -0.0648. The van der Waals surface area contributed by atoms with Crippen LogP contribution in [0.4, 0.5) is 5.69 Å². The van der Waals surface area contributed by atoms with Crippen molar-refractivity contribution in [3.8, 4) is 5.75 Å². The topological polar surface area (TPSA) is 73.6 Å². The molecule has 0 atom stereocenters. The van der Waals surface area contributed by atoms with Crippen molar-refractivity contribution < 1.29 is 14.3 Å². The fourth-order valence-electron chi connectivity index (χ4n) is 2.19. The first-order valence-electron chi connectivity index (χ1n) is 7.04. The maximum atomic E-state index is 11.5. The molecular formula is C15H23ClN2O3. The normalized spacial score (nSPS) is 15.1. The number of aryl methyl sites for hydroxylation is 1. The lowest BCUT2D eigenvalue weighted by Crippen LogP contribution is -2.26. The first-order chi connectivity index (χ1) is 9.69. The number of ether oxygens (including phenoxy) is 2. The molecular weight excluding hydrogens is 292 g/mol. The van der Waals surface area contributed by atoms with E-state index >= 15 is 0 Å². The molecule has 1 aliphatic rings. The van der Waals surface area contributed by atoms with E-state index in [1.807, 2.05) is 25.1 Å². The van der Waals surface area contributed by atoms with Gasteiger partial charge in [-0.05, 0) is 30.7 Å². The SMILES string of the molecule is Cc1cc(NC(=O)CCN)ccc1OC1CCOCC1.Cl. The third kappa shape index (κ3) is 5.53. The Kier molecular flexibility index (Phi) is 7.50. The molecule has 0 unspecified atom stereocenters. The molecule has 0 spiro atoms. The van der Waals surface area contributed by atoms with Gasteiger partial charge in [0.1, 0.15) is 11.9 Å². The van der Waals surface area contributed by atoms with E-state index in [9.17, 15) is 4.79 Å². The minimum absolute atomic E-state index is 0. The molecule has 0 aliphatic carbocycles. The Balaban J connectivity index is 0.00000220. The van der Waals surface area contributed by atoms with Crippen molar-refractivity contribution in [3.63, 3.8) is 0 Å². The van der Waals surface area contributed by atoms with E-state index in [4.69, 9.17) is 15.2 Å². The molecule has 0 saturated carbocycles. The molecule has 21 heavy (non-hydrogen) atoms. The highest BCUT2D eigenvalue weighted by molar-refractivity contribution is 5.91. The van der Waals surface area contributed by atoms with Crippen molar-refractivity contribution in [1.29, 1.82) is 0 Å². The van der Waals surface area contributed by atoms with Gasteiger partial charge in [-0.1, -0.05) is 0 Å². The zero-order valence-electron chi connectivity index (χ0n) is 12.3. The molecule has 2 rings (SSSR count). The highest BCUT2D eigenvalue weighted by atomic mass is 35.5. The number of rotatable bonds is 5. The molecule has 118 valence electrons. The molecule has 1 heterocycles. The maximum Gasteiger partial charge on any atom is 0.225 e. The third-order valence-corrected chi connectivity index (χ3v) is 3.29. The van der Waals surface area contributed by atoms with Crippen molar-refractivity contribution in [2.45, 2.75) is 32.3 Å². The highest BCUT2D eigenvalue weighted by Crippen LogP contribution is 2.25. The lowest BCUT2D eigenvalue weighted by atomic mass is 10.1. The summed E-state index contributed by atoms with van der Waals surface area (Å²) in [4.78, 5) is 11.5. The monoisotopic (exact) mass is 314 g/mol. The van der Waals surface area contributed by atoms with Crippen molar-refractivity contribution in [2.75, 3.05) is 25.1 Å². The van der Waals surface area contributed by atoms with Crippen LogP contribution in [0.3, 0.4) is 0 Å². The molecule has 1 aromatic carbocycles. The van der Waals surface area contributed by atoms with Gasteiger partial charge in [0.05, 0.1) is 13.2 Å². The first kappa shape index (κ1) is 17.8. The molecule has 1 aromatic rings. The lowest BCUT2D eigenvalue weighted by molar-refractivity contribution is -0.116. The molecule has 0 radical (unpaired) electrons. The summed E-state index contributed by atoms with van der Waals surface area (Å²) in [7, 11) is 0. The van der Waals surface area contributed by atoms with Gasteiger partial charge in [-0.2, -0.15) is 0 Å². The van der Waals surface area contributed by atoms with E-state index in [2.05, 4.69) is 5.32 Å². The van der Waals surface area contributed by atoms with Gasteiger partial charge in [-0.25, -0.2) is 0 Å². The Bertz CT molecular complexity index is 462. The molecule has 0 bridgehead atoms. The van der Waals surface area contributed by atoms with Gasteiger partial charge in [0.25, 0.3) is 0 Å². The van der Waals surface area contributed by atoms with E-state index in [1.165, 1.54) is 0 Å². The smallest absolute Gasteiger partial charge is 0.225 e. The average Bonchev–Trinajstić information content (AvgIpc) is 2.43. The van der Waals surface area contributed by atoms with Crippen LogP contribution in [0.5, 0.6) is 5.75 Å². The quantitative estimate of drug-likeness (QED) is 0.874. The van der Waals surface area contributed by atoms with Gasteiger partial charge in [0, 0.05) is 31.5 Å². The van der Waals surface area contributed by atoms with Crippen LogP contribution in [0.15, 0.2) is 18.2 Å². The van der Waals surface area contributed by atoms with Crippen LogP contribution in [0.2, 0.25) is 0 Å². The molecule has 6 heteroatoms. The molecule has 1 amide bonds. The number of halogens is 1. The molecule has 1 saturated heterocycles. The summed E-state index contributed by atoms with van der Waals surface area (Å²) in [6.45, 7) is 3.86. The zero-order chi connectivity index (χ0) is 14.4. The predicted molar refractivity (Wildman–Crippen MR) is 85.2 cm³/mol. The van der Waals surface area contributed by atoms with E-state index in [1.54, 1.807) is 0 Å². The number of carbonyl (C=O) groups is 1. The second-order valence-electron chi connectivity index (χ2n) is 5.00. The molecule has 3 N–H and O–H groups in total. The maximum absolute atomic E-state index is 11.5. The number of hydrogen-bond donors (Lipinski definition) is 2. The molecule has 0 aromatic heterocycles. The van der Waals surface area contributed by atoms with E-state index in [0.29, 0.717) is 13.0 Å². The van der Waals surface area contributed by atoms with Crippen LogP contribution in [-0.4, -0.2) is 31.8 Å². The third-order valence-electron chi connectivity index (χ3n) is 3.29. The summed E-state index contributed by atoms with van der Waals surface area (Å²) in [6.07, 6.45) is 2.41. The zero-order valence-corrected chi connectivity index (χ0v) is 13.1. The average molecular weight is 315 g/mol. The second-order valence-corrected chi connectivity index (χ2v) is 5.00. The van der Waals surface area contributed by atoms with Crippen LogP contribution in [0.25, 0.3) is 0 Å². The van der Waals surface area contributed by atoms with Crippen LogP contribution >= 0.6 is 12.4 Å². The number of amides is 1. The van der Waals surface area contributed by atoms with Crippen molar-refractivity contribution >= 4 is 24.0 Å². The Hall–Kier alpha value is -1.30. The number of hydrogen-bond acceptors (Lipinski definition) is 4. The molecule has 1 fully saturated rings. The highest BCUT2D eigenvalue weighted by Gasteiger charge is 2.16. The second kappa shape index (κ2) is 8.87. The van der Waals surface area contributed by atoms with Gasteiger partial charge < -0.3 is 20.5 Å². The standard InChI is InChI=1S/C15H22N2O3.ClH/c1-11-10-12(17-15(18)4-7-16)2-3-14(11)20-13-5-8-19-9-6-13;/h2-3,10,13H,4-9,16H2,1H3,(H,17,18);1H. The minimum Gasteiger partial charge on any atom is -0.490 e. The van der Waals surface area contributed by atoms with E-state index < -0.39 is 0 Å². The predicted octanol–water partition coefficient (Wildman–Crippen LogP) is 2.26. The van der Waals surface area contributed by atoms with Crippen LogP contribution in [0.1, 0.15) is 24.8 Å². The lowest BCUT2D eigenvalue weighted by Gasteiger charge is -2.24. The van der Waals surface area contributed by atoms with E-state index in [0.717, 1.165) is 43.1 Å². The number of carbonyl (C=O) groups excluding carboxylic acids is 1. The fourth-order valence-corrected chi connectivity index (χ4v) is 2.19. The molecule has 5 nitrogen and oxygen atoms in total. The van der Waals surface area contributed by atoms with E-state index in [-0.39, 0.29) is 24.4 Å². The summed E-state index contributed by atoms with van der Waals surface area (Å²) < 4.78 is 11.3. The summed E-state index contributed by atoms with van der Waals surface area (Å²) in [6, 6.07) is 5.68. The van der Waals surface area contributed by atoms with Crippen molar-refractivity contribution in [3.05, 3.63) is 23.8 Å². The summed E-state index contributed by atoms with van der Waals surface area (Å²) in [5.41, 5.74) is 7.14. The summed E-state index contributed by atoms with van der Waals surface area (Å²) >= 11 is 0. The Morgan fingerprint density at radius 2 is 2.14 bits per heavy atom. The first-order valence-corrected chi connectivity index (χ1v) is 7.04. The number of benzene rings is 1. The number of anilines is 1. The van der Waals surface area contributed by atoms with Crippen molar-refractivity contribution in [2.24, 2.45) is 5.73 Å². The van der Waals surface area contributed by atoms with Crippen LogP contribution in [0, 0.1) is 6.92 Å². The van der Waals surface area contributed by atoms with Gasteiger partial charge in [0.15, 0.2) is 0 Å². The largest absolute Gasteiger partial charge is 0.490 e. The Labute approximate surface area is 131 Å². The van der Waals surface area contributed by atoms with Crippen molar-refractivity contribution in [1.82, 2.24) is 0 Å². The number of nitrogens with one attached hydrogen (secondary N) is 1. The van der Waals surface area contributed by atoms with Gasteiger partial charge in [-0.15, -0.1) is 12.4 Å². The van der Waals surface area contributed by atoms with Crippen LogP contribution in [-0.2, 0) is 9.53 Å².